The number of nitro benzene ring substituents is 1. The number of pyridine rings is 1. The van der Waals surface area contributed by atoms with E-state index in [1.807, 2.05) is 12.1 Å². The molecule has 0 saturated carbocycles. The summed E-state index contributed by atoms with van der Waals surface area (Å²) in [5, 5.41) is 17.9. The number of non-ortho nitro benzene ring substituents is 1. The zero-order chi connectivity index (χ0) is 19.2. The molecule has 0 unspecified atom stereocenters. The van der Waals surface area contributed by atoms with E-state index in [2.05, 4.69) is 15.4 Å². The second-order valence-corrected chi connectivity index (χ2v) is 5.67. The first-order chi connectivity index (χ1) is 13.1. The Morgan fingerprint density at radius 3 is 2.74 bits per heavy atom. The van der Waals surface area contributed by atoms with Gasteiger partial charge in [-0.3, -0.25) is 24.6 Å². The quantitative estimate of drug-likeness (QED) is 0.507. The lowest BCUT2D eigenvalue weighted by molar-refractivity contribution is -0.384. The van der Waals surface area contributed by atoms with Crippen molar-refractivity contribution in [1.82, 2.24) is 14.8 Å². The van der Waals surface area contributed by atoms with Gasteiger partial charge in [0.25, 0.3) is 11.6 Å². The molecule has 3 rings (SSSR count). The summed E-state index contributed by atoms with van der Waals surface area (Å²) >= 11 is 0. The molecule has 138 valence electrons. The minimum atomic E-state index is -0.565. The number of carbonyl (C=O) groups excluding carboxylic acids is 1. The minimum Gasteiger partial charge on any atom is -0.496 e. The fourth-order valence-electron chi connectivity index (χ4n) is 2.52. The zero-order valence-electron chi connectivity index (χ0n) is 14.5. The van der Waals surface area contributed by atoms with Gasteiger partial charge in [-0.15, -0.1) is 0 Å². The lowest BCUT2D eigenvalue weighted by Gasteiger charge is -2.08. The van der Waals surface area contributed by atoms with Gasteiger partial charge in [0.15, 0.2) is 5.82 Å². The van der Waals surface area contributed by atoms with Crippen molar-refractivity contribution in [2.45, 2.75) is 13.0 Å². The number of anilines is 1. The number of hydrogen-bond donors (Lipinski definition) is 1. The molecule has 0 saturated heterocycles. The Bertz CT molecular complexity index is 955. The SMILES string of the molecule is COc1ccc([N+](=O)[O-])cc1C(=O)Nc1ccn(CCc2ccncc2)n1. The molecule has 0 bridgehead atoms. The number of nitro groups is 1. The Balaban J connectivity index is 1.69. The van der Waals surface area contributed by atoms with E-state index in [0.717, 1.165) is 12.0 Å². The molecule has 3 aromatic rings. The molecule has 0 aliphatic heterocycles. The molecule has 9 nitrogen and oxygen atoms in total. The first-order valence-electron chi connectivity index (χ1n) is 8.13. The van der Waals surface area contributed by atoms with E-state index in [1.54, 1.807) is 29.3 Å². The molecule has 0 atom stereocenters. The third-order valence-electron chi connectivity index (χ3n) is 3.90. The van der Waals surface area contributed by atoms with E-state index in [1.165, 1.54) is 25.3 Å². The predicted molar refractivity (Wildman–Crippen MR) is 97.8 cm³/mol. The summed E-state index contributed by atoms with van der Waals surface area (Å²) in [5.74, 6) is 0.0634. The van der Waals surface area contributed by atoms with Crippen LogP contribution in [0.15, 0.2) is 55.0 Å². The number of nitrogens with zero attached hydrogens (tertiary/aromatic N) is 4. The fraction of sp³-hybridized carbons (Fsp3) is 0.167. The lowest BCUT2D eigenvalue weighted by atomic mass is 10.1. The number of benzene rings is 1. The van der Waals surface area contributed by atoms with Crippen molar-refractivity contribution in [3.05, 3.63) is 76.2 Å². The predicted octanol–water partition coefficient (Wildman–Crippen LogP) is 2.69. The van der Waals surface area contributed by atoms with Crippen LogP contribution in [-0.2, 0) is 13.0 Å². The largest absolute Gasteiger partial charge is 0.496 e. The molecule has 1 N–H and O–H groups in total. The highest BCUT2D eigenvalue weighted by Crippen LogP contribution is 2.24. The smallest absolute Gasteiger partial charge is 0.270 e. The normalized spacial score (nSPS) is 10.4. The number of carbonyl (C=O) groups is 1. The summed E-state index contributed by atoms with van der Waals surface area (Å²) in [6, 6.07) is 9.37. The van der Waals surface area contributed by atoms with Crippen LogP contribution < -0.4 is 10.1 Å². The van der Waals surface area contributed by atoms with E-state index < -0.39 is 10.8 Å². The Kier molecular flexibility index (Phi) is 5.41. The number of aryl methyl sites for hydroxylation is 2. The van der Waals surface area contributed by atoms with Gasteiger partial charge in [0.1, 0.15) is 5.75 Å². The average Bonchev–Trinajstić information content (AvgIpc) is 3.13. The van der Waals surface area contributed by atoms with Crippen molar-refractivity contribution < 1.29 is 14.5 Å². The number of rotatable bonds is 7. The Labute approximate surface area is 154 Å². The molecule has 0 radical (unpaired) electrons. The molecule has 27 heavy (non-hydrogen) atoms. The number of ether oxygens (including phenoxy) is 1. The molecule has 0 aliphatic rings. The van der Waals surface area contributed by atoms with Gasteiger partial charge in [-0.25, -0.2) is 0 Å². The molecular formula is C18H17N5O4. The molecule has 9 heteroatoms. The van der Waals surface area contributed by atoms with E-state index >= 15 is 0 Å². The van der Waals surface area contributed by atoms with Crippen molar-refractivity contribution in [1.29, 1.82) is 0 Å². The van der Waals surface area contributed by atoms with Crippen molar-refractivity contribution >= 4 is 17.4 Å². The van der Waals surface area contributed by atoms with Crippen LogP contribution in [0.3, 0.4) is 0 Å². The van der Waals surface area contributed by atoms with E-state index in [-0.39, 0.29) is 17.0 Å². The first kappa shape index (κ1) is 18.1. The highest BCUT2D eigenvalue weighted by molar-refractivity contribution is 6.06. The minimum absolute atomic E-state index is 0.0676. The maximum atomic E-state index is 12.5. The van der Waals surface area contributed by atoms with Crippen LogP contribution in [0, 0.1) is 10.1 Å². The molecule has 1 amide bonds. The molecule has 2 heterocycles. The van der Waals surface area contributed by atoms with Gasteiger partial charge >= 0.3 is 0 Å². The topological polar surface area (TPSA) is 112 Å². The number of hydrogen-bond acceptors (Lipinski definition) is 6. The van der Waals surface area contributed by atoms with Gasteiger partial charge in [-0.1, -0.05) is 0 Å². The maximum Gasteiger partial charge on any atom is 0.270 e. The Morgan fingerprint density at radius 1 is 1.26 bits per heavy atom. The maximum absolute atomic E-state index is 12.5. The van der Waals surface area contributed by atoms with Gasteiger partial charge in [-0.2, -0.15) is 5.10 Å². The van der Waals surface area contributed by atoms with Gasteiger partial charge in [-0.05, 0) is 30.2 Å². The monoisotopic (exact) mass is 367 g/mol. The van der Waals surface area contributed by atoms with Crippen LogP contribution in [0.2, 0.25) is 0 Å². The Morgan fingerprint density at radius 2 is 2.04 bits per heavy atom. The average molecular weight is 367 g/mol. The number of nitrogens with one attached hydrogen (secondary N) is 1. The highest BCUT2D eigenvalue weighted by atomic mass is 16.6. The van der Waals surface area contributed by atoms with Crippen molar-refractivity contribution in [3.63, 3.8) is 0 Å². The summed E-state index contributed by atoms with van der Waals surface area (Å²) in [4.78, 5) is 26.8. The van der Waals surface area contributed by atoms with Crippen molar-refractivity contribution in [2.24, 2.45) is 0 Å². The van der Waals surface area contributed by atoms with Crippen LogP contribution in [0.25, 0.3) is 0 Å². The Hall–Kier alpha value is -3.75. The van der Waals surface area contributed by atoms with Crippen LogP contribution in [0.5, 0.6) is 5.75 Å². The standard InChI is InChI=1S/C18H17N5O4/c1-27-16-3-2-14(23(25)26)12-15(16)18(24)20-17-7-11-22(21-17)10-6-13-4-8-19-9-5-13/h2-5,7-9,11-12H,6,10H2,1H3,(H,20,21,24). The van der Waals surface area contributed by atoms with Crippen LogP contribution >= 0.6 is 0 Å². The van der Waals surface area contributed by atoms with Gasteiger partial charge < -0.3 is 10.1 Å². The van der Waals surface area contributed by atoms with Gasteiger partial charge in [0, 0.05) is 43.3 Å². The van der Waals surface area contributed by atoms with E-state index in [0.29, 0.717) is 12.4 Å². The van der Waals surface area contributed by atoms with Crippen LogP contribution in [0.4, 0.5) is 11.5 Å². The summed E-state index contributed by atoms with van der Waals surface area (Å²) < 4.78 is 6.83. The number of methoxy groups -OCH3 is 1. The summed E-state index contributed by atoms with van der Waals surface area (Å²) in [6.45, 7) is 0.639. The molecule has 2 aromatic heterocycles. The second-order valence-electron chi connectivity index (χ2n) is 5.67. The fourth-order valence-corrected chi connectivity index (χ4v) is 2.52. The third-order valence-corrected chi connectivity index (χ3v) is 3.90. The van der Waals surface area contributed by atoms with Crippen molar-refractivity contribution in [3.8, 4) is 5.75 Å². The first-order valence-corrected chi connectivity index (χ1v) is 8.13. The second kappa shape index (κ2) is 8.09. The van der Waals surface area contributed by atoms with Gasteiger partial charge in [0.05, 0.1) is 17.6 Å². The number of amides is 1. The number of aromatic nitrogens is 3. The highest BCUT2D eigenvalue weighted by Gasteiger charge is 2.18. The molecule has 0 aliphatic carbocycles. The molecule has 1 aromatic carbocycles. The molecular weight excluding hydrogens is 350 g/mol. The third kappa shape index (κ3) is 4.46. The van der Waals surface area contributed by atoms with Crippen molar-refractivity contribution in [2.75, 3.05) is 12.4 Å². The van der Waals surface area contributed by atoms with E-state index in [4.69, 9.17) is 4.74 Å². The van der Waals surface area contributed by atoms with Crippen LogP contribution in [-0.4, -0.2) is 32.7 Å². The van der Waals surface area contributed by atoms with E-state index in [9.17, 15) is 14.9 Å². The summed E-state index contributed by atoms with van der Waals surface area (Å²) in [7, 11) is 1.39. The van der Waals surface area contributed by atoms with Gasteiger partial charge in [0.2, 0.25) is 0 Å². The van der Waals surface area contributed by atoms with Crippen LogP contribution in [0.1, 0.15) is 15.9 Å². The molecule has 0 fully saturated rings. The molecule has 0 spiro atoms. The summed E-state index contributed by atoms with van der Waals surface area (Å²) in [6.07, 6.45) is 5.99. The zero-order valence-corrected chi connectivity index (χ0v) is 14.5. The summed E-state index contributed by atoms with van der Waals surface area (Å²) in [5.41, 5.74) is 1.01. The lowest BCUT2D eigenvalue weighted by Crippen LogP contribution is -2.14.